The molecule has 0 aliphatic carbocycles. The third kappa shape index (κ3) is 4.33. The summed E-state index contributed by atoms with van der Waals surface area (Å²) in [4.78, 5) is 27.1. The molecule has 0 saturated carbocycles. The minimum absolute atomic E-state index is 0.102. The van der Waals surface area contributed by atoms with Crippen molar-refractivity contribution in [1.29, 1.82) is 0 Å². The predicted octanol–water partition coefficient (Wildman–Crippen LogP) is 5.10. The summed E-state index contributed by atoms with van der Waals surface area (Å²) in [6.45, 7) is -0.394. The highest BCUT2D eigenvalue weighted by atomic mass is 32.2. The summed E-state index contributed by atoms with van der Waals surface area (Å²) in [5, 5.41) is 22.7. The molecule has 9 nitrogen and oxygen atoms in total. The SMILES string of the molecule is O=C(Cn1nnc(-c2ccc([N+](=O)[O-])cc2)n1)N1c2ccccc2Sc2ccc(C(F)(F)F)cc21. The highest BCUT2D eigenvalue weighted by Crippen LogP contribution is 2.49. The van der Waals surface area contributed by atoms with Crippen molar-refractivity contribution < 1.29 is 22.9 Å². The van der Waals surface area contributed by atoms with Crippen LogP contribution in [0.25, 0.3) is 11.4 Å². The lowest BCUT2D eigenvalue weighted by molar-refractivity contribution is -0.384. The second kappa shape index (κ2) is 8.51. The fraction of sp³-hybridized carbons (Fsp3) is 0.0909. The molecule has 0 atom stereocenters. The molecule has 0 saturated heterocycles. The number of hydrogen-bond acceptors (Lipinski definition) is 7. The third-order valence-corrected chi connectivity index (χ3v) is 6.30. The van der Waals surface area contributed by atoms with Gasteiger partial charge in [0.25, 0.3) is 11.6 Å². The van der Waals surface area contributed by atoms with E-state index >= 15 is 0 Å². The van der Waals surface area contributed by atoms with E-state index in [9.17, 15) is 28.1 Å². The van der Waals surface area contributed by atoms with Gasteiger partial charge in [0.15, 0.2) is 0 Å². The van der Waals surface area contributed by atoms with Crippen LogP contribution in [-0.2, 0) is 17.5 Å². The number of carbonyl (C=O) groups excluding carboxylic acids is 1. The number of benzene rings is 3. The zero-order valence-electron chi connectivity index (χ0n) is 17.5. The third-order valence-electron chi connectivity index (χ3n) is 5.17. The maximum atomic E-state index is 13.4. The summed E-state index contributed by atoms with van der Waals surface area (Å²) in [5.74, 6) is -0.423. The van der Waals surface area contributed by atoms with Gasteiger partial charge in [0.05, 0.1) is 21.9 Å². The molecule has 4 aromatic rings. The zero-order valence-corrected chi connectivity index (χ0v) is 18.3. The maximum Gasteiger partial charge on any atom is 0.416 e. The van der Waals surface area contributed by atoms with Crippen molar-refractivity contribution in [3.05, 3.63) is 82.4 Å². The number of rotatable bonds is 4. The fourth-order valence-electron chi connectivity index (χ4n) is 3.55. The van der Waals surface area contributed by atoms with Gasteiger partial charge in [0.1, 0.15) is 6.54 Å². The summed E-state index contributed by atoms with van der Waals surface area (Å²) in [6, 6.07) is 15.7. The highest BCUT2D eigenvalue weighted by molar-refractivity contribution is 7.99. The van der Waals surface area contributed by atoms with Crippen molar-refractivity contribution in [1.82, 2.24) is 20.2 Å². The van der Waals surface area contributed by atoms with Crippen LogP contribution in [0.4, 0.5) is 30.2 Å². The number of nitro groups is 1. The Labute approximate surface area is 199 Å². The Morgan fingerprint density at radius 2 is 1.71 bits per heavy atom. The molecule has 5 rings (SSSR count). The summed E-state index contributed by atoms with van der Waals surface area (Å²) >= 11 is 1.27. The Kier molecular flexibility index (Phi) is 5.47. The van der Waals surface area contributed by atoms with Gasteiger partial charge in [-0.2, -0.15) is 18.0 Å². The Morgan fingerprint density at radius 1 is 1.00 bits per heavy atom. The zero-order chi connectivity index (χ0) is 24.7. The predicted molar refractivity (Wildman–Crippen MR) is 119 cm³/mol. The van der Waals surface area contributed by atoms with Crippen LogP contribution in [0.15, 0.2) is 76.5 Å². The lowest BCUT2D eigenvalue weighted by Gasteiger charge is -2.31. The van der Waals surface area contributed by atoms with Gasteiger partial charge in [0, 0.05) is 27.5 Å². The molecule has 35 heavy (non-hydrogen) atoms. The number of non-ortho nitro benzene ring substituents is 1. The number of nitro benzene ring substituents is 1. The Hall–Kier alpha value is -4.26. The monoisotopic (exact) mass is 498 g/mol. The number of halogens is 3. The van der Waals surface area contributed by atoms with E-state index in [1.54, 1.807) is 24.3 Å². The van der Waals surface area contributed by atoms with Crippen molar-refractivity contribution in [2.45, 2.75) is 22.5 Å². The average molecular weight is 498 g/mol. The van der Waals surface area contributed by atoms with E-state index in [1.807, 2.05) is 0 Å². The maximum absolute atomic E-state index is 13.4. The van der Waals surface area contributed by atoms with Gasteiger partial charge in [-0.25, -0.2) is 0 Å². The highest BCUT2D eigenvalue weighted by Gasteiger charge is 2.35. The first-order valence-electron chi connectivity index (χ1n) is 10.0. The molecule has 2 heterocycles. The van der Waals surface area contributed by atoms with E-state index in [1.165, 1.54) is 47.0 Å². The van der Waals surface area contributed by atoms with E-state index in [4.69, 9.17) is 0 Å². The Bertz CT molecular complexity index is 1460. The molecular weight excluding hydrogens is 485 g/mol. The first-order chi connectivity index (χ1) is 16.7. The van der Waals surface area contributed by atoms with E-state index in [0.29, 0.717) is 21.0 Å². The molecule has 1 aliphatic heterocycles. The molecule has 1 aromatic heterocycles. The largest absolute Gasteiger partial charge is 0.416 e. The second-order valence-electron chi connectivity index (χ2n) is 7.43. The number of alkyl halides is 3. The van der Waals surface area contributed by atoms with Crippen molar-refractivity contribution in [2.75, 3.05) is 4.90 Å². The number of fused-ring (bicyclic) bond motifs is 2. The van der Waals surface area contributed by atoms with Crippen LogP contribution < -0.4 is 4.90 Å². The van der Waals surface area contributed by atoms with Crippen LogP contribution >= 0.6 is 11.8 Å². The van der Waals surface area contributed by atoms with Gasteiger partial charge in [0.2, 0.25) is 5.82 Å². The van der Waals surface area contributed by atoms with Crippen molar-refractivity contribution in [3.8, 4) is 11.4 Å². The number of aromatic nitrogens is 4. The summed E-state index contributed by atoms with van der Waals surface area (Å²) in [7, 11) is 0. The van der Waals surface area contributed by atoms with Crippen LogP contribution in [0.2, 0.25) is 0 Å². The number of anilines is 2. The van der Waals surface area contributed by atoms with E-state index in [0.717, 1.165) is 16.9 Å². The first-order valence-corrected chi connectivity index (χ1v) is 10.9. The molecule has 1 aliphatic rings. The van der Waals surface area contributed by atoms with Gasteiger partial charge in [-0.05, 0) is 47.7 Å². The number of nitrogens with zero attached hydrogens (tertiary/aromatic N) is 6. The second-order valence-corrected chi connectivity index (χ2v) is 8.51. The van der Waals surface area contributed by atoms with Crippen LogP contribution in [0.3, 0.4) is 0 Å². The molecule has 176 valence electrons. The lowest BCUT2D eigenvalue weighted by atomic mass is 10.1. The topological polar surface area (TPSA) is 107 Å². The molecule has 0 fully saturated rings. The number of tetrazole rings is 1. The van der Waals surface area contributed by atoms with E-state index < -0.39 is 29.1 Å². The van der Waals surface area contributed by atoms with Crippen molar-refractivity contribution in [2.24, 2.45) is 0 Å². The Balaban J connectivity index is 1.46. The normalized spacial score (nSPS) is 12.7. The molecule has 13 heteroatoms. The lowest BCUT2D eigenvalue weighted by Crippen LogP contribution is -2.32. The molecule has 1 amide bonds. The summed E-state index contributed by atoms with van der Waals surface area (Å²) in [6.07, 6.45) is -4.57. The minimum atomic E-state index is -4.57. The molecule has 3 aromatic carbocycles. The van der Waals surface area contributed by atoms with Crippen LogP contribution in [0, 0.1) is 10.1 Å². The molecule has 0 radical (unpaired) electrons. The van der Waals surface area contributed by atoms with Gasteiger partial charge in [-0.3, -0.25) is 19.8 Å². The van der Waals surface area contributed by atoms with Crippen molar-refractivity contribution in [3.63, 3.8) is 0 Å². The minimum Gasteiger partial charge on any atom is -0.277 e. The van der Waals surface area contributed by atoms with Crippen molar-refractivity contribution >= 4 is 34.7 Å². The van der Waals surface area contributed by atoms with E-state index in [-0.39, 0.29) is 17.2 Å². The molecule has 0 spiro atoms. The molecular formula is C22H13F3N6O3S. The smallest absolute Gasteiger partial charge is 0.277 e. The standard InChI is InChI=1S/C22H13F3N6O3S/c23-22(24,25)14-7-10-19-17(11-14)30(16-3-1-2-4-18(16)35-19)20(32)12-29-27-21(26-28-29)13-5-8-15(9-6-13)31(33)34/h1-11H,12H2. The number of carbonyl (C=O) groups is 1. The molecule has 0 bridgehead atoms. The van der Waals surface area contributed by atoms with Gasteiger partial charge >= 0.3 is 6.18 Å². The Morgan fingerprint density at radius 3 is 2.43 bits per heavy atom. The van der Waals surface area contributed by atoms with Gasteiger partial charge in [-0.1, -0.05) is 23.9 Å². The van der Waals surface area contributed by atoms with Crippen LogP contribution in [0.1, 0.15) is 5.56 Å². The summed E-state index contributed by atoms with van der Waals surface area (Å²) in [5.41, 5.74) is 0.0478. The van der Waals surface area contributed by atoms with Gasteiger partial charge in [-0.15, -0.1) is 10.2 Å². The van der Waals surface area contributed by atoms with Crippen LogP contribution in [-0.4, -0.2) is 31.0 Å². The number of para-hydroxylation sites is 1. The number of amides is 1. The first kappa shape index (κ1) is 22.5. The van der Waals surface area contributed by atoms with E-state index in [2.05, 4.69) is 15.4 Å². The fourth-order valence-corrected chi connectivity index (χ4v) is 4.59. The summed E-state index contributed by atoms with van der Waals surface area (Å²) < 4.78 is 40.1. The number of hydrogen-bond donors (Lipinski definition) is 0. The van der Waals surface area contributed by atoms with Gasteiger partial charge < -0.3 is 0 Å². The van der Waals surface area contributed by atoms with Crippen LogP contribution in [0.5, 0.6) is 0 Å². The quantitative estimate of drug-likeness (QED) is 0.285. The molecule has 0 unspecified atom stereocenters. The average Bonchev–Trinajstić information content (AvgIpc) is 3.30. The molecule has 0 N–H and O–H groups in total.